The van der Waals surface area contributed by atoms with E-state index in [1.165, 1.54) is 5.56 Å². The molecule has 1 aliphatic carbocycles. The average Bonchev–Trinajstić information content (AvgIpc) is 2.97. The number of hydrogen-bond acceptors (Lipinski definition) is 5. The van der Waals surface area contributed by atoms with Gasteiger partial charge in [0, 0.05) is 12.0 Å². The van der Waals surface area contributed by atoms with Crippen LogP contribution in [0.4, 0.5) is 5.13 Å². The second-order valence-electron chi connectivity index (χ2n) is 4.24. The minimum Gasteiger partial charge on any atom is -0.469 e. The molecule has 0 spiro atoms. The van der Waals surface area contributed by atoms with Gasteiger partial charge >= 0.3 is 0 Å². The maximum atomic E-state index is 5.48. The molecule has 17 heavy (non-hydrogen) atoms. The monoisotopic (exact) mass is 249 g/mol. The normalized spacial score (nSPS) is 19.0. The first-order valence-electron chi connectivity index (χ1n) is 6.02. The molecule has 2 heterocycles. The average molecular weight is 249 g/mol. The summed E-state index contributed by atoms with van der Waals surface area (Å²) < 4.78 is 5.48. The van der Waals surface area contributed by atoms with Gasteiger partial charge in [-0.25, -0.2) is 0 Å². The van der Waals surface area contributed by atoms with E-state index in [4.69, 9.17) is 4.42 Å². The summed E-state index contributed by atoms with van der Waals surface area (Å²) in [5.41, 5.74) is 1.28. The van der Waals surface area contributed by atoms with Crippen molar-refractivity contribution >= 4 is 16.5 Å². The minimum atomic E-state index is 0.329. The molecule has 0 saturated heterocycles. The van der Waals surface area contributed by atoms with Gasteiger partial charge < -0.3 is 9.73 Å². The quantitative estimate of drug-likeness (QED) is 0.907. The first kappa shape index (κ1) is 10.8. The smallest absolute Gasteiger partial charge is 0.206 e. The fourth-order valence-corrected chi connectivity index (χ4v) is 2.97. The molecule has 0 fully saturated rings. The molecule has 0 amide bonds. The highest BCUT2D eigenvalue weighted by molar-refractivity contribution is 7.15. The third kappa shape index (κ3) is 2.07. The molecule has 0 bridgehead atoms. The van der Waals surface area contributed by atoms with Gasteiger partial charge in [0.25, 0.3) is 0 Å². The lowest BCUT2D eigenvalue weighted by atomic mass is 9.94. The predicted molar refractivity (Wildman–Crippen MR) is 67.3 cm³/mol. The van der Waals surface area contributed by atoms with Crippen molar-refractivity contribution in [1.82, 2.24) is 10.2 Å². The van der Waals surface area contributed by atoms with Crippen LogP contribution in [0.1, 0.15) is 42.1 Å². The Morgan fingerprint density at radius 1 is 1.53 bits per heavy atom. The molecule has 0 saturated carbocycles. The van der Waals surface area contributed by atoms with Gasteiger partial charge in [0.1, 0.15) is 10.8 Å². The first-order chi connectivity index (χ1) is 8.36. The number of aromatic nitrogens is 2. The van der Waals surface area contributed by atoms with Gasteiger partial charge in [0.05, 0.1) is 12.3 Å². The zero-order valence-corrected chi connectivity index (χ0v) is 10.6. The third-order valence-corrected chi connectivity index (χ3v) is 4.12. The summed E-state index contributed by atoms with van der Waals surface area (Å²) in [6, 6.07) is 2.39. The molecule has 1 aliphatic rings. The van der Waals surface area contributed by atoms with Crippen molar-refractivity contribution in [1.29, 1.82) is 0 Å². The van der Waals surface area contributed by atoms with Crippen molar-refractivity contribution in [3.8, 4) is 0 Å². The van der Waals surface area contributed by atoms with Crippen LogP contribution in [0.5, 0.6) is 0 Å². The Kier molecular flexibility index (Phi) is 2.84. The van der Waals surface area contributed by atoms with Gasteiger partial charge in [-0.2, -0.15) is 0 Å². The maximum Gasteiger partial charge on any atom is 0.206 e. The van der Waals surface area contributed by atoms with E-state index in [9.17, 15) is 0 Å². The predicted octanol–water partition coefficient (Wildman–Crippen LogP) is 3.18. The van der Waals surface area contributed by atoms with Crippen LogP contribution in [0.25, 0.3) is 0 Å². The maximum absolute atomic E-state index is 5.48. The highest BCUT2D eigenvalue weighted by Gasteiger charge is 2.23. The number of hydrogen-bond donors (Lipinski definition) is 1. The SMILES string of the molecule is CCc1nnc(NC2CCCc3occc32)s1. The van der Waals surface area contributed by atoms with E-state index in [-0.39, 0.29) is 0 Å². The Morgan fingerprint density at radius 3 is 3.29 bits per heavy atom. The van der Waals surface area contributed by atoms with Crippen molar-refractivity contribution in [3.63, 3.8) is 0 Å². The number of nitrogens with zero attached hydrogens (tertiary/aromatic N) is 2. The van der Waals surface area contributed by atoms with Crippen LogP contribution in [0.3, 0.4) is 0 Å². The second-order valence-corrected chi connectivity index (χ2v) is 5.30. The number of anilines is 1. The van der Waals surface area contributed by atoms with Crippen LogP contribution in [-0.4, -0.2) is 10.2 Å². The summed E-state index contributed by atoms with van der Waals surface area (Å²) in [5, 5.41) is 13.8. The fraction of sp³-hybridized carbons (Fsp3) is 0.500. The van der Waals surface area contributed by atoms with E-state index in [0.29, 0.717) is 6.04 Å². The van der Waals surface area contributed by atoms with Gasteiger partial charge in [-0.3, -0.25) is 0 Å². The third-order valence-electron chi connectivity index (χ3n) is 3.12. The largest absolute Gasteiger partial charge is 0.469 e. The standard InChI is InChI=1S/C12H15N3OS/c1-2-11-14-15-12(17-11)13-9-4-3-5-10-8(9)6-7-16-10/h6-7,9H,2-5H2,1H3,(H,13,15). The van der Waals surface area contributed by atoms with Gasteiger partial charge in [0.15, 0.2) is 0 Å². The minimum absolute atomic E-state index is 0.329. The molecule has 2 aromatic rings. The van der Waals surface area contributed by atoms with E-state index >= 15 is 0 Å². The molecular formula is C12H15N3OS. The zero-order valence-electron chi connectivity index (χ0n) is 9.77. The van der Waals surface area contributed by atoms with Gasteiger partial charge in [-0.05, 0) is 25.3 Å². The Hall–Kier alpha value is -1.36. The number of nitrogens with one attached hydrogen (secondary N) is 1. The van der Waals surface area contributed by atoms with E-state index in [1.807, 2.05) is 0 Å². The second kappa shape index (κ2) is 4.49. The number of furan rings is 1. The van der Waals surface area contributed by atoms with Crippen LogP contribution in [0.2, 0.25) is 0 Å². The van der Waals surface area contributed by atoms with Crippen LogP contribution < -0.4 is 5.32 Å². The summed E-state index contributed by atoms with van der Waals surface area (Å²) in [5.74, 6) is 1.12. The lowest BCUT2D eigenvalue weighted by Gasteiger charge is -2.21. The number of rotatable bonds is 3. The Morgan fingerprint density at radius 2 is 2.47 bits per heavy atom. The summed E-state index contributed by atoms with van der Waals surface area (Å²) >= 11 is 1.64. The molecule has 0 radical (unpaired) electrons. The van der Waals surface area contributed by atoms with Crippen molar-refractivity contribution < 1.29 is 4.42 Å². The molecule has 0 aromatic carbocycles. The zero-order chi connectivity index (χ0) is 11.7. The van der Waals surface area contributed by atoms with Crippen molar-refractivity contribution in [3.05, 3.63) is 28.7 Å². The summed E-state index contributed by atoms with van der Waals surface area (Å²) in [7, 11) is 0. The highest BCUT2D eigenvalue weighted by atomic mass is 32.1. The first-order valence-corrected chi connectivity index (χ1v) is 6.83. The van der Waals surface area contributed by atoms with E-state index in [2.05, 4.69) is 28.5 Å². The molecule has 0 aliphatic heterocycles. The Balaban J connectivity index is 1.78. The van der Waals surface area contributed by atoms with E-state index in [1.54, 1.807) is 17.6 Å². The van der Waals surface area contributed by atoms with Crippen LogP contribution in [0, 0.1) is 0 Å². The van der Waals surface area contributed by atoms with Crippen LogP contribution in [-0.2, 0) is 12.8 Å². The van der Waals surface area contributed by atoms with Crippen molar-refractivity contribution in [2.75, 3.05) is 5.32 Å². The van der Waals surface area contributed by atoms with Crippen molar-refractivity contribution in [2.24, 2.45) is 0 Å². The number of aryl methyl sites for hydroxylation is 2. The van der Waals surface area contributed by atoms with Gasteiger partial charge in [-0.15, -0.1) is 10.2 Å². The van der Waals surface area contributed by atoms with Gasteiger partial charge in [0.2, 0.25) is 5.13 Å². The topological polar surface area (TPSA) is 51.0 Å². The van der Waals surface area contributed by atoms with Crippen molar-refractivity contribution in [2.45, 2.75) is 38.6 Å². The molecule has 1 N–H and O–H groups in total. The van der Waals surface area contributed by atoms with Crippen LogP contribution in [0.15, 0.2) is 16.7 Å². The summed E-state index contributed by atoms with van der Waals surface area (Å²) in [6.07, 6.45) is 6.07. The Bertz CT molecular complexity index is 505. The Labute approximate surface area is 104 Å². The number of fused-ring (bicyclic) bond motifs is 1. The molecule has 1 unspecified atom stereocenters. The molecule has 90 valence electrons. The molecular weight excluding hydrogens is 234 g/mol. The molecule has 1 atom stereocenters. The summed E-state index contributed by atoms with van der Waals surface area (Å²) in [4.78, 5) is 0. The molecule has 4 nitrogen and oxygen atoms in total. The van der Waals surface area contributed by atoms with Crippen LogP contribution >= 0.6 is 11.3 Å². The molecule has 3 rings (SSSR count). The lowest BCUT2D eigenvalue weighted by Crippen LogP contribution is -2.15. The summed E-state index contributed by atoms with van der Waals surface area (Å²) in [6.45, 7) is 2.10. The highest BCUT2D eigenvalue weighted by Crippen LogP contribution is 2.33. The van der Waals surface area contributed by atoms with Gasteiger partial charge in [-0.1, -0.05) is 18.3 Å². The molecule has 5 heteroatoms. The van der Waals surface area contributed by atoms with E-state index in [0.717, 1.165) is 41.6 Å². The lowest BCUT2D eigenvalue weighted by molar-refractivity contribution is 0.461. The molecule has 2 aromatic heterocycles. The fourth-order valence-electron chi connectivity index (χ4n) is 2.24. The van der Waals surface area contributed by atoms with E-state index < -0.39 is 0 Å².